The molecule has 1 aromatic heterocycles. The fraction of sp³-hybridized carbons (Fsp3) is 0.300. The Balaban J connectivity index is 1.68. The van der Waals surface area contributed by atoms with Crippen LogP contribution in [-0.2, 0) is 11.0 Å². The third-order valence-electron chi connectivity index (χ3n) is 5.20. The van der Waals surface area contributed by atoms with Gasteiger partial charge in [0, 0.05) is 38.1 Å². The number of amides is 1. The highest BCUT2D eigenvalue weighted by atomic mass is 19.4. The lowest BCUT2D eigenvalue weighted by Crippen LogP contribution is -2.60. The fourth-order valence-electron chi connectivity index (χ4n) is 3.82. The third-order valence-corrected chi connectivity index (χ3v) is 5.20. The number of benzene rings is 1. The molecule has 0 N–H and O–H groups in total. The highest BCUT2D eigenvalue weighted by Crippen LogP contribution is 2.40. The van der Waals surface area contributed by atoms with Crippen molar-refractivity contribution in [3.63, 3.8) is 0 Å². The van der Waals surface area contributed by atoms with E-state index in [1.807, 2.05) is 17.0 Å². The van der Waals surface area contributed by atoms with Crippen LogP contribution in [0.4, 0.5) is 30.4 Å². The number of carbonyl (C=O) groups is 1. The molecule has 1 amide bonds. The number of halogens is 3. The molecule has 0 aliphatic carbocycles. The summed E-state index contributed by atoms with van der Waals surface area (Å²) in [7, 11) is 0. The van der Waals surface area contributed by atoms with Crippen LogP contribution in [0, 0.1) is 0 Å². The van der Waals surface area contributed by atoms with E-state index >= 15 is 0 Å². The molecule has 4 rings (SSSR count). The van der Waals surface area contributed by atoms with Gasteiger partial charge in [-0.3, -0.25) is 4.79 Å². The average Bonchev–Trinajstić information content (AvgIpc) is 2.71. The molecule has 0 bridgehead atoms. The van der Waals surface area contributed by atoms with Gasteiger partial charge in [0.1, 0.15) is 0 Å². The topological polar surface area (TPSA) is 39.7 Å². The van der Waals surface area contributed by atoms with Gasteiger partial charge in [0.2, 0.25) is 5.91 Å². The van der Waals surface area contributed by atoms with Crippen LogP contribution in [0.25, 0.3) is 0 Å². The Hall–Kier alpha value is -3.03. The van der Waals surface area contributed by atoms with Gasteiger partial charge in [-0.15, -0.1) is 0 Å². The van der Waals surface area contributed by atoms with Gasteiger partial charge in [-0.05, 0) is 42.5 Å². The second-order valence-electron chi connectivity index (χ2n) is 6.84. The van der Waals surface area contributed by atoms with Crippen molar-refractivity contribution in [2.75, 3.05) is 36.0 Å². The molecule has 1 atom stereocenters. The summed E-state index contributed by atoms with van der Waals surface area (Å²) >= 11 is 0. The first-order chi connectivity index (χ1) is 13.4. The number of fused-ring (bicyclic) bond motifs is 3. The Bertz CT molecular complexity index is 897. The second-order valence-corrected chi connectivity index (χ2v) is 6.84. The highest BCUT2D eigenvalue weighted by Gasteiger charge is 2.37. The molecule has 146 valence electrons. The summed E-state index contributed by atoms with van der Waals surface area (Å²) in [6.07, 6.45) is -1.36. The first-order valence-electron chi connectivity index (χ1n) is 8.96. The lowest BCUT2D eigenvalue weighted by atomic mass is 10.0. The smallest absolute Gasteiger partial charge is 0.347 e. The van der Waals surface area contributed by atoms with E-state index in [-0.39, 0.29) is 11.9 Å². The summed E-state index contributed by atoms with van der Waals surface area (Å²) < 4.78 is 38.7. The quantitative estimate of drug-likeness (QED) is 0.739. The number of piperazine rings is 1. The van der Waals surface area contributed by atoms with Crippen LogP contribution < -0.4 is 9.80 Å². The van der Waals surface area contributed by atoms with Gasteiger partial charge in [-0.2, -0.15) is 13.2 Å². The van der Waals surface area contributed by atoms with Gasteiger partial charge in [0.15, 0.2) is 5.82 Å². The molecule has 28 heavy (non-hydrogen) atoms. The maximum absolute atomic E-state index is 12.9. The van der Waals surface area contributed by atoms with Crippen molar-refractivity contribution < 1.29 is 18.0 Å². The molecule has 2 aliphatic rings. The van der Waals surface area contributed by atoms with Crippen LogP contribution in [0.3, 0.4) is 0 Å². The summed E-state index contributed by atoms with van der Waals surface area (Å²) in [6.45, 7) is 5.83. The van der Waals surface area contributed by atoms with Crippen LogP contribution >= 0.6 is 0 Å². The van der Waals surface area contributed by atoms with Gasteiger partial charge in [-0.1, -0.05) is 6.58 Å². The number of hydrogen-bond acceptors (Lipinski definition) is 4. The van der Waals surface area contributed by atoms with E-state index in [0.717, 1.165) is 23.6 Å². The van der Waals surface area contributed by atoms with E-state index in [9.17, 15) is 18.0 Å². The molecule has 2 aliphatic heterocycles. The van der Waals surface area contributed by atoms with Crippen LogP contribution in [0.1, 0.15) is 5.56 Å². The predicted octanol–water partition coefficient (Wildman–Crippen LogP) is 3.46. The van der Waals surface area contributed by atoms with Crippen molar-refractivity contribution in [1.29, 1.82) is 0 Å². The van der Waals surface area contributed by atoms with Gasteiger partial charge < -0.3 is 14.7 Å². The van der Waals surface area contributed by atoms with Gasteiger partial charge >= 0.3 is 6.18 Å². The number of alkyl halides is 3. The number of aromatic nitrogens is 1. The third kappa shape index (κ3) is 3.19. The van der Waals surface area contributed by atoms with Gasteiger partial charge in [0.25, 0.3) is 0 Å². The number of anilines is 3. The lowest BCUT2D eigenvalue weighted by Gasteiger charge is -2.48. The van der Waals surface area contributed by atoms with E-state index in [2.05, 4.69) is 16.5 Å². The van der Waals surface area contributed by atoms with Crippen molar-refractivity contribution in [3.05, 3.63) is 60.8 Å². The summed E-state index contributed by atoms with van der Waals surface area (Å²) in [5, 5.41) is 0. The Morgan fingerprint density at radius 2 is 1.89 bits per heavy atom. The molecule has 1 unspecified atom stereocenters. The first-order valence-corrected chi connectivity index (χ1v) is 8.96. The molecule has 8 heteroatoms. The van der Waals surface area contributed by atoms with Crippen molar-refractivity contribution in [2.45, 2.75) is 12.2 Å². The molecule has 1 saturated heterocycles. The van der Waals surface area contributed by atoms with Crippen molar-refractivity contribution >= 4 is 23.1 Å². The summed E-state index contributed by atoms with van der Waals surface area (Å²) in [4.78, 5) is 22.4. The van der Waals surface area contributed by atoms with Gasteiger partial charge in [-0.25, -0.2) is 4.98 Å². The molecule has 3 heterocycles. The molecule has 1 fully saturated rings. The van der Waals surface area contributed by atoms with E-state index in [0.29, 0.717) is 31.9 Å². The minimum atomic E-state index is -4.37. The SMILES string of the molecule is C=CC(=O)N1CCN2c3ncccc3N(c3ccc(C(F)(F)F)cc3)CC2C1. The Morgan fingerprint density at radius 3 is 2.57 bits per heavy atom. The molecule has 0 radical (unpaired) electrons. The number of hydrogen-bond donors (Lipinski definition) is 0. The molecule has 5 nitrogen and oxygen atoms in total. The van der Waals surface area contributed by atoms with E-state index in [1.54, 1.807) is 11.1 Å². The minimum absolute atomic E-state index is 0.0117. The number of pyridine rings is 1. The number of rotatable bonds is 2. The van der Waals surface area contributed by atoms with E-state index in [4.69, 9.17) is 0 Å². The normalized spacial score (nSPS) is 19.1. The van der Waals surface area contributed by atoms with E-state index in [1.165, 1.54) is 18.2 Å². The standard InChI is InChI=1S/C20H19F3N4O/c1-2-18(28)25-10-11-26-16(12-25)13-27(17-4-3-9-24-19(17)26)15-7-5-14(6-8-15)20(21,22)23/h2-9,16H,1,10-13H2. The molecule has 2 aromatic rings. The maximum atomic E-state index is 12.9. The second kappa shape index (κ2) is 6.85. The van der Waals surface area contributed by atoms with Crippen LogP contribution in [0.2, 0.25) is 0 Å². The maximum Gasteiger partial charge on any atom is 0.416 e. The fourth-order valence-corrected chi connectivity index (χ4v) is 3.82. The molecular formula is C20H19F3N4O. The first kappa shape index (κ1) is 18.3. The van der Waals surface area contributed by atoms with E-state index < -0.39 is 11.7 Å². The largest absolute Gasteiger partial charge is 0.416 e. The monoisotopic (exact) mass is 388 g/mol. The number of carbonyl (C=O) groups excluding carboxylic acids is 1. The predicted molar refractivity (Wildman–Crippen MR) is 101 cm³/mol. The number of nitrogens with zero attached hydrogens (tertiary/aromatic N) is 4. The molecule has 1 aromatic carbocycles. The molecule has 0 saturated carbocycles. The van der Waals surface area contributed by atoms with Crippen molar-refractivity contribution in [2.24, 2.45) is 0 Å². The zero-order valence-corrected chi connectivity index (χ0v) is 15.1. The highest BCUT2D eigenvalue weighted by molar-refractivity contribution is 5.87. The Kier molecular flexibility index (Phi) is 4.49. The van der Waals surface area contributed by atoms with Gasteiger partial charge in [0.05, 0.1) is 17.3 Å². The summed E-state index contributed by atoms with van der Waals surface area (Å²) in [5.74, 6) is 0.664. The average molecular weight is 388 g/mol. The Morgan fingerprint density at radius 1 is 1.14 bits per heavy atom. The van der Waals surface area contributed by atoms with Crippen LogP contribution in [0.15, 0.2) is 55.3 Å². The van der Waals surface area contributed by atoms with Crippen molar-refractivity contribution in [1.82, 2.24) is 9.88 Å². The summed E-state index contributed by atoms with van der Waals surface area (Å²) in [5.41, 5.74) is 0.831. The zero-order chi connectivity index (χ0) is 19.9. The lowest BCUT2D eigenvalue weighted by molar-refractivity contribution is -0.137. The van der Waals surface area contributed by atoms with Crippen LogP contribution in [0.5, 0.6) is 0 Å². The van der Waals surface area contributed by atoms with Crippen LogP contribution in [-0.4, -0.2) is 48.0 Å². The zero-order valence-electron chi connectivity index (χ0n) is 15.1. The van der Waals surface area contributed by atoms with Crippen molar-refractivity contribution in [3.8, 4) is 0 Å². The molecule has 0 spiro atoms. The Labute approximate surface area is 160 Å². The minimum Gasteiger partial charge on any atom is -0.347 e. The molecular weight excluding hydrogens is 369 g/mol. The summed E-state index contributed by atoms with van der Waals surface area (Å²) in [6, 6.07) is 8.85.